The summed E-state index contributed by atoms with van der Waals surface area (Å²) in [5.74, 6) is 0. The van der Waals surface area contributed by atoms with Crippen molar-refractivity contribution >= 4 is 0 Å². The molecule has 0 spiro atoms. The second kappa shape index (κ2) is 6.21. The summed E-state index contributed by atoms with van der Waals surface area (Å²) >= 11 is 0. The summed E-state index contributed by atoms with van der Waals surface area (Å²) < 4.78 is 5.62. The van der Waals surface area contributed by atoms with Gasteiger partial charge in [0, 0.05) is 18.5 Å². The normalized spacial score (nSPS) is 10.6. The van der Waals surface area contributed by atoms with E-state index in [-0.39, 0.29) is 0 Å². The van der Waals surface area contributed by atoms with Crippen LogP contribution in [0.15, 0.2) is 36.8 Å². The molecule has 2 aromatic rings. The SMILES string of the molecule is Cc1ccc(COCCCc2cnc[nH]2)cc1. The van der Waals surface area contributed by atoms with Gasteiger partial charge in [0.05, 0.1) is 12.9 Å². The number of rotatable bonds is 6. The zero-order valence-corrected chi connectivity index (χ0v) is 10.1. The van der Waals surface area contributed by atoms with E-state index < -0.39 is 0 Å². The first-order valence-electron chi connectivity index (χ1n) is 5.95. The van der Waals surface area contributed by atoms with Crippen molar-refractivity contribution in [2.24, 2.45) is 0 Å². The molecule has 0 atom stereocenters. The maximum Gasteiger partial charge on any atom is 0.0921 e. The summed E-state index contributed by atoms with van der Waals surface area (Å²) in [4.78, 5) is 7.07. The van der Waals surface area contributed by atoms with Gasteiger partial charge in [-0.3, -0.25) is 0 Å². The van der Waals surface area contributed by atoms with Gasteiger partial charge in [-0.15, -0.1) is 0 Å². The maximum absolute atomic E-state index is 5.62. The highest BCUT2D eigenvalue weighted by Crippen LogP contribution is 2.05. The molecule has 1 aromatic heterocycles. The molecule has 0 aliphatic carbocycles. The summed E-state index contributed by atoms with van der Waals surface area (Å²) in [7, 11) is 0. The number of hydrogen-bond acceptors (Lipinski definition) is 2. The molecule has 17 heavy (non-hydrogen) atoms. The number of aromatic nitrogens is 2. The minimum atomic E-state index is 0.698. The molecule has 2 rings (SSSR count). The molecule has 0 aliphatic rings. The number of aromatic amines is 1. The quantitative estimate of drug-likeness (QED) is 0.775. The van der Waals surface area contributed by atoms with Crippen molar-refractivity contribution < 1.29 is 4.74 Å². The Morgan fingerprint density at radius 1 is 1.24 bits per heavy atom. The molecule has 90 valence electrons. The van der Waals surface area contributed by atoms with Gasteiger partial charge in [0.15, 0.2) is 0 Å². The van der Waals surface area contributed by atoms with Crippen LogP contribution in [0.2, 0.25) is 0 Å². The number of nitrogens with zero attached hydrogens (tertiary/aromatic N) is 1. The van der Waals surface area contributed by atoms with Crippen LogP contribution in [0.5, 0.6) is 0 Å². The Balaban J connectivity index is 1.61. The fourth-order valence-electron chi connectivity index (χ4n) is 1.66. The number of imidazole rings is 1. The molecule has 0 fully saturated rings. The van der Waals surface area contributed by atoms with Gasteiger partial charge in [-0.2, -0.15) is 0 Å². The summed E-state index contributed by atoms with van der Waals surface area (Å²) in [6.07, 6.45) is 5.59. The Hall–Kier alpha value is -1.61. The summed E-state index contributed by atoms with van der Waals surface area (Å²) in [6.45, 7) is 3.57. The van der Waals surface area contributed by atoms with Gasteiger partial charge in [0.1, 0.15) is 0 Å². The number of nitrogens with one attached hydrogen (secondary N) is 1. The average molecular weight is 230 g/mol. The highest BCUT2D eigenvalue weighted by molar-refractivity contribution is 5.20. The molecule has 1 heterocycles. The first-order valence-corrected chi connectivity index (χ1v) is 5.95. The van der Waals surface area contributed by atoms with E-state index >= 15 is 0 Å². The lowest BCUT2D eigenvalue weighted by Gasteiger charge is -2.04. The number of ether oxygens (including phenoxy) is 1. The maximum atomic E-state index is 5.62. The molecule has 0 radical (unpaired) electrons. The monoisotopic (exact) mass is 230 g/mol. The minimum Gasteiger partial charge on any atom is -0.377 e. The van der Waals surface area contributed by atoms with Crippen LogP contribution in [-0.2, 0) is 17.8 Å². The Kier molecular flexibility index (Phi) is 4.33. The Labute approximate surface area is 102 Å². The van der Waals surface area contributed by atoms with Crippen LogP contribution in [0.1, 0.15) is 23.2 Å². The molecule has 0 bridgehead atoms. The van der Waals surface area contributed by atoms with Gasteiger partial charge in [-0.1, -0.05) is 29.8 Å². The predicted octanol–water partition coefficient (Wildman–Crippen LogP) is 2.87. The summed E-state index contributed by atoms with van der Waals surface area (Å²) in [6, 6.07) is 8.46. The van der Waals surface area contributed by atoms with Crippen molar-refractivity contribution in [2.45, 2.75) is 26.4 Å². The fourth-order valence-corrected chi connectivity index (χ4v) is 1.66. The third kappa shape index (κ3) is 4.04. The molecule has 3 nitrogen and oxygen atoms in total. The van der Waals surface area contributed by atoms with E-state index in [4.69, 9.17) is 4.74 Å². The first kappa shape index (κ1) is 11.9. The first-order chi connectivity index (χ1) is 8.34. The van der Waals surface area contributed by atoms with Crippen molar-refractivity contribution in [3.63, 3.8) is 0 Å². The molecule has 1 N–H and O–H groups in total. The third-order valence-electron chi connectivity index (χ3n) is 2.68. The topological polar surface area (TPSA) is 37.9 Å². The van der Waals surface area contributed by atoms with Crippen molar-refractivity contribution in [3.8, 4) is 0 Å². The molecular formula is C14H18N2O. The Morgan fingerprint density at radius 3 is 2.76 bits per heavy atom. The van der Waals surface area contributed by atoms with Crippen LogP contribution in [-0.4, -0.2) is 16.6 Å². The molecule has 1 aromatic carbocycles. The number of benzene rings is 1. The second-order valence-corrected chi connectivity index (χ2v) is 4.22. The molecule has 0 saturated heterocycles. The van der Waals surface area contributed by atoms with E-state index in [9.17, 15) is 0 Å². The van der Waals surface area contributed by atoms with Crippen LogP contribution in [0.25, 0.3) is 0 Å². The van der Waals surface area contributed by atoms with Crippen molar-refractivity contribution in [1.29, 1.82) is 0 Å². The Morgan fingerprint density at radius 2 is 2.06 bits per heavy atom. The van der Waals surface area contributed by atoms with E-state index in [1.54, 1.807) is 6.33 Å². The Bertz CT molecular complexity index is 420. The minimum absolute atomic E-state index is 0.698. The summed E-state index contributed by atoms with van der Waals surface area (Å²) in [5.41, 5.74) is 3.69. The van der Waals surface area contributed by atoms with Crippen molar-refractivity contribution in [3.05, 3.63) is 53.6 Å². The van der Waals surface area contributed by atoms with Gasteiger partial charge >= 0.3 is 0 Å². The molecule has 3 heteroatoms. The average Bonchev–Trinajstić information content (AvgIpc) is 2.84. The van der Waals surface area contributed by atoms with Gasteiger partial charge in [-0.05, 0) is 25.3 Å². The highest BCUT2D eigenvalue weighted by atomic mass is 16.5. The largest absolute Gasteiger partial charge is 0.377 e. The van der Waals surface area contributed by atoms with Crippen molar-refractivity contribution in [2.75, 3.05) is 6.61 Å². The molecule has 0 aliphatic heterocycles. The standard InChI is InChI=1S/C14H18N2O/c1-12-4-6-13(7-5-12)10-17-8-2-3-14-9-15-11-16-14/h4-7,9,11H,2-3,8,10H2,1H3,(H,15,16). The molecule has 0 unspecified atom stereocenters. The van der Waals surface area contributed by atoms with E-state index in [2.05, 4.69) is 41.2 Å². The number of hydrogen-bond donors (Lipinski definition) is 1. The smallest absolute Gasteiger partial charge is 0.0921 e. The lowest BCUT2D eigenvalue weighted by molar-refractivity contribution is 0.118. The fraction of sp³-hybridized carbons (Fsp3) is 0.357. The van der Waals surface area contributed by atoms with E-state index in [0.29, 0.717) is 6.61 Å². The lowest BCUT2D eigenvalue weighted by Crippen LogP contribution is -1.97. The number of H-pyrrole nitrogens is 1. The van der Waals surface area contributed by atoms with Crippen LogP contribution < -0.4 is 0 Å². The molecule has 0 saturated carbocycles. The van der Waals surface area contributed by atoms with Crippen molar-refractivity contribution in [1.82, 2.24) is 9.97 Å². The van der Waals surface area contributed by atoms with Gasteiger partial charge in [-0.25, -0.2) is 4.98 Å². The van der Waals surface area contributed by atoms with Gasteiger partial charge in [0.2, 0.25) is 0 Å². The van der Waals surface area contributed by atoms with Crippen LogP contribution >= 0.6 is 0 Å². The lowest BCUT2D eigenvalue weighted by atomic mass is 10.2. The number of aryl methyl sites for hydroxylation is 2. The highest BCUT2D eigenvalue weighted by Gasteiger charge is 1.95. The van der Waals surface area contributed by atoms with E-state index in [0.717, 1.165) is 19.4 Å². The van der Waals surface area contributed by atoms with Gasteiger partial charge in [0.25, 0.3) is 0 Å². The zero-order valence-electron chi connectivity index (χ0n) is 10.1. The van der Waals surface area contributed by atoms with Gasteiger partial charge < -0.3 is 9.72 Å². The molecule has 0 amide bonds. The predicted molar refractivity (Wildman–Crippen MR) is 67.7 cm³/mol. The second-order valence-electron chi connectivity index (χ2n) is 4.22. The van der Waals surface area contributed by atoms with E-state index in [1.807, 2.05) is 6.20 Å². The zero-order chi connectivity index (χ0) is 11.9. The summed E-state index contributed by atoms with van der Waals surface area (Å²) in [5, 5.41) is 0. The molecular weight excluding hydrogens is 212 g/mol. The van der Waals surface area contributed by atoms with Crippen LogP contribution in [0.3, 0.4) is 0 Å². The van der Waals surface area contributed by atoms with Crippen LogP contribution in [0.4, 0.5) is 0 Å². The van der Waals surface area contributed by atoms with Crippen LogP contribution in [0, 0.1) is 6.92 Å². The third-order valence-corrected chi connectivity index (χ3v) is 2.68. The van der Waals surface area contributed by atoms with E-state index in [1.165, 1.54) is 16.8 Å².